The van der Waals surface area contributed by atoms with Gasteiger partial charge in [-0.15, -0.1) is 0 Å². The normalized spacial score (nSPS) is 19.8. The summed E-state index contributed by atoms with van der Waals surface area (Å²) < 4.78 is 5.11. The molecule has 20 heavy (non-hydrogen) atoms. The zero-order valence-electron chi connectivity index (χ0n) is 12.2. The van der Waals surface area contributed by atoms with E-state index in [1.165, 1.54) is 0 Å². The number of carboxylic acid groups (broad SMARTS) is 1. The largest absolute Gasteiger partial charge is 0.481 e. The van der Waals surface area contributed by atoms with Gasteiger partial charge in [0.2, 0.25) is 11.8 Å². The number of hydrogen-bond acceptors (Lipinski definition) is 5. The van der Waals surface area contributed by atoms with Crippen molar-refractivity contribution in [3.63, 3.8) is 0 Å². The zero-order chi connectivity index (χ0) is 14.8. The van der Waals surface area contributed by atoms with Gasteiger partial charge < -0.3 is 14.7 Å². The first kappa shape index (κ1) is 14.6. The molecule has 0 spiro atoms. The smallest absolute Gasteiger partial charge is 0.309 e. The Labute approximate surface area is 118 Å². The van der Waals surface area contributed by atoms with Crippen molar-refractivity contribution in [2.24, 2.45) is 11.3 Å². The first-order chi connectivity index (χ1) is 9.45. The van der Waals surface area contributed by atoms with Gasteiger partial charge in [-0.1, -0.05) is 0 Å². The second-order valence-corrected chi connectivity index (χ2v) is 5.71. The van der Waals surface area contributed by atoms with Crippen molar-refractivity contribution in [3.8, 4) is 5.88 Å². The maximum absolute atomic E-state index is 11.4. The number of carbonyl (C=O) groups is 1. The lowest BCUT2D eigenvalue weighted by atomic mass is 9.74. The van der Waals surface area contributed by atoms with Gasteiger partial charge in [-0.25, -0.2) is 4.98 Å². The molecule has 0 saturated carbocycles. The average molecular weight is 279 g/mol. The Morgan fingerprint density at radius 2 is 2.30 bits per heavy atom. The number of ether oxygens (including phenoxy) is 1. The molecule has 1 atom stereocenters. The van der Waals surface area contributed by atoms with Gasteiger partial charge in [0.25, 0.3) is 0 Å². The monoisotopic (exact) mass is 279 g/mol. The highest BCUT2D eigenvalue weighted by molar-refractivity contribution is 5.74. The van der Waals surface area contributed by atoms with Crippen molar-refractivity contribution in [1.29, 1.82) is 0 Å². The summed E-state index contributed by atoms with van der Waals surface area (Å²) in [6.45, 7) is 5.08. The highest BCUT2D eigenvalue weighted by Crippen LogP contribution is 2.35. The van der Waals surface area contributed by atoms with Crippen molar-refractivity contribution in [3.05, 3.63) is 12.3 Å². The van der Waals surface area contributed by atoms with Crippen LogP contribution in [-0.2, 0) is 4.79 Å². The van der Waals surface area contributed by atoms with Crippen molar-refractivity contribution < 1.29 is 14.6 Å². The Balaban J connectivity index is 2.16. The number of piperidine rings is 1. The first-order valence-electron chi connectivity index (χ1n) is 6.80. The maximum Gasteiger partial charge on any atom is 0.309 e. The third-order valence-corrected chi connectivity index (χ3v) is 4.10. The minimum Gasteiger partial charge on any atom is -0.481 e. The lowest BCUT2D eigenvalue weighted by Crippen LogP contribution is -2.45. The van der Waals surface area contributed by atoms with Gasteiger partial charge in [0.1, 0.15) is 0 Å². The molecule has 1 aliphatic heterocycles. The van der Waals surface area contributed by atoms with Gasteiger partial charge in [-0.05, 0) is 32.6 Å². The fraction of sp³-hybridized carbons (Fsp3) is 0.643. The molecule has 1 aromatic heterocycles. The molecule has 0 aliphatic carbocycles. The fourth-order valence-electron chi connectivity index (χ4n) is 2.52. The molecular formula is C14H21N3O3. The van der Waals surface area contributed by atoms with Crippen LogP contribution in [0.1, 0.15) is 26.7 Å². The highest BCUT2D eigenvalue weighted by atomic mass is 16.5. The number of carboxylic acids is 1. The Kier molecular flexibility index (Phi) is 4.11. The summed E-state index contributed by atoms with van der Waals surface area (Å²) in [4.78, 5) is 22.0. The molecule has 6 nitrogen and oxygen atoms in total. The topological polar surface area (TPSA) is 75.5 Å². The quantitative estimate of drug-likeness (QED) is 0.906. The molecule has 1 saturated heterocycles. The van der Waals surface area contributed by atoms with E-state index in [0.29, 0.717) is 18.4 Å². The van der Waals surface area contributed by atoms with Gasteiger partial charge >= 0.3 is 5.97 Å². The standard InChI is InChI=1S/C14H21N3O3/c1-14(2,12(18)19)10-5-4-8-17(9-10)13-15-7-6-11(16-13)20-3/h6-7,10H,4-5,8-9H2,1-3H3,(H,18,19). The molecule has 1 fully saturated rings. The van der Waals surface area contributed by atoms with Crippen molar-refractivity contribution in [1.82, 2.24) is 9.97 Å². The molecule has 1 unspecified atom stereocenters. The van der Waals surface area contributed by atoms with Gasteiger partial charge in [-0.3, -0.25) is 4.79 Å². The summed E-state index contributed by atoms with van der Waals surface area (Å²) >= 11 is 0. The van der Waals surface area contributed by atoms with Gasteiger partial charge in [0, 0.05) is 25.4 Å². The second kappa shape index (κ2) is 5.64. The van der Waals surface area contributed by atoms with Gasteiger partial charge in [0.15, 0.2) is 0 Å². The molecule has 0 aromatic carbocycles. The molecule has 2 rings (SSSR count). The fourth-order valence-corrected chi connectivity index (χ4v) is 2.52. The van der Waals surface area contributed by atoms with Crippen molar-refractivity contribution in [2.45, 2.75) is 26.7 Å². The predicted molar refractivity (Wildman–Crippen MR) is 74.9 cm³/mol. The average Bonchev–Trinajstić information content (AvgIpc) is 2.47. The van der Waals surface area contributed by atoms with Gasteiger partial charge in [0.05, 0.1) is 12.5 Å². The first-order valence-corrected chi connectivity index (χ1v) is 6.80. The molecule has 2 heterocycles. The number of aromatic nitrogens is 2. The Morgan fingerprint density at radius 1 is 1.55 bits per heavy atom. The van der Waals surface area contributed by atoms with Crippen LogP contribution in [0.15, 0.2) is 12.3 Å². The van der Waals surface area contributed by atoms with Crippen molar-refractivity contribution in [2.75, 3.05) is 25.1 Å². The summed E-state index contributed by atoms with van der Waals surface area (Å²) in [6, 6.07) is 1.70. The predicted octanol–water partition coefficient (Wildman–Crippen LogP) is 1.81. The number of rotatable bonds is 4. The second-order valence-electron chi connectivity index (χ2n) is 5.71. The van der Waals surface area contributed by atoms with Crippen LogP contribution in [0, 0.1) is 11.3 Å². The highest BCUT2D eigenvalue weighted by Gasteiger charge is 2.39. The summed E-state index contributed by atoms with van der Waals surface area (Å²) in [6.07, 6.45) is 3.52. The zero-order valence-corrected chi connectivity index (χ0v) is 12.2. The van der Waals surface area contributed by atoms with E-state index in [0.717, 1.165) is 19.4 Å². The Hall–Kier alpha value is -1.85. The minimum atomic E-state index is -0.754. The number of hydrogen-bond donors (Lipinski definition) is 1. The molecule has 0 radical (unpaired) electrons. The van der Waals surface area contributed by atoms with E-state index < -0.39 is 11.4 Å². The van der Waals surface area contributed by atoms with Crippen LogP contribution >= 0.6 is 0 Å². The van der Waals surface area contributed by atoms with Crippen LogP contribution in [0.4, 0.5) is 5.95 Å². The van der Waals surface area contributed by atoms with E-state index in [9.17, 15) is 9.90 Å². The van der Waals surface area contributed by atoms with Crippen LogP contribution in [-0.4, -0.2) is 41.2 Å². The molecular weight excluding hydrogens is 258 g/mol. The van der Waals surface area contributed by atoms with Crippen LogP contribution in [0.3, 0.4) is 0 Å². The molecule has 1 aromatic rings. The number of methoxy groups -OCH3 is 1. The number of anilines is 1. The van der Waals surface area contributed by atoms with E-state index in [1.54, 1.807) is 33.2 Å². The Bertz CT molecular complexity index is 490. The lowest BCUT2D eigenvalue weighted by Gasteiger charge is -2.39. The third kappa shape index (κ3) is 2.84. The number of nitrogens with zero attached hydrogens (tertiary/aromatic N) is 3. The van der Waals surface area contributed by atoms with Crippen LogP contribution in [0.25, 0.3) is 0 Å². The minimum absolute atomic E-state index is 0.0866. The molecule has 110 valence electrons. The van der Waals surface area contributed by atoms with Crippen LogP contribution < -0.4 is 9.64 Å². The summed E-state index contributed by atoms with van der Waals surface area (Å²) in [5.41, 5.74) is -0.739. The lowest BCUT2D eigenvalue weighted by molar-refractivity contribution is -0.150. The van der Waals surface area contributed by atoms with Crippen molar-refractivity contribution >= 4 is 11.9 Å². The molecule has 1 N–H and O–H groups in total. The molecule has 6 heteroatoms. The SMILES string of the molecule is COc1ccnc(N2CCCC(C(C)(C)C(=O)O)C2)n1. The molecule has 0 amide bonds. The third-order valence-electron chi connectivity index (χ3n) is 4.10. The van der Waals surface area contributed by atoms with Crippen LogP contribution in [0.5, 0.6) is 5.88 Å². The van der Waals surface area contributed by atoms with E-state index in [-0.39, 0.29) is 5.92 Å². The van der Waals surface area contributed by atoms with Crippen LogP contribution in [0.2, 0.25) is 0 Å². The van der Waals surface area contributed by atoms with E-state index in [1.807, 2.05) is 4.90 Å². The summed E-state index contributed by atoms with van der Waals surface area (Å²) in [7, 11) is 1.57. The van der Waals surface area contributed by atoms with E-state index in [2.05, 4.69) is 9.97 Å². The Morgan fingerprint density at radius 3 is 2.95 bits per heavy atom. The summed E-state index contributed by atoms with van der Waals surface area (Å²) in [5.74, 6) is 0.462. The molecule has 1 aliphatic rings. The molecule has 0 bridgehead atoms. The maximum atomic E-state index is 11.4. The van der Waals surface area contributed by atoms with E-state index in [4.69, 9.17) is 4.74 Å². The summed E-state index contributed by atoms with van der Waals surface area (Å²) in [5, 5.41) is 9.36. The van der Waals surface area contributed by atoms with E-state index >= 15 is 0 Å². The van der Waals surface area contributed by atoms with Gasteiger partial charge in [-0.2, -0.15) is 4.98 Å². The number of aliphatic carboxylic acids is 1.